The SMILES string of the molecule is COC(=O)C(C)(C)Oc1cc(OC)c(OCCCC#Cc2ccc(OC(F)(F)F)cc2)cc1C. The van der Waals surface area contributed by atoms with Gasteiger partial charge in [0.25, 0.3) is 0 Å². The maximum atomic E-state index is 12.2. The van der Waals surface area contributed by atoms with E-state index in [0.29, 0.717) is 42.3 Å². The Labute approximate surface area is 196 Å². The quantitative estimate of drug-likeness (QED) is 0.271. The molecule has 0 saturated heterocycles. The van der Waals surface area contributed by atoms with Crippen LogP contribution in [-0.2, 0) is 9.53 Å². The van der Waals surface area contributed by atoms with Gasteiger partial charge in [0, 0.05) is 18.1 Å². The van der Waals surface area contributed by atoms with Gasteiger partial charge in [0.05, 0.1) is 20.8 Å². The van der Waals surface area contributed by atoms with Gasteiger partial charge in [-0.25, -0.2) is 4.79 Å². The largest absolute Gasteiger partial charge is 0.573 e. The van der Waals surface area contributed by atoms with Gasteiger partial charge in [-0.2, -0.15) is 0 Å². The Kier molecular flexibility index (Phi) is 9.07. The zero-order chi connectivity index (χ0) is 25.4. The molecule has 0 amide bonds. The topological polar surface area (TPSA) is 63.2 Å². The summed E-state index contributed by atoms with van der Waals surface area (Å²) in [7, 11) is 2.80. The number of rotatable bonds is 9. The van der Waals surface area contributed by atoms with Crippen molar-refractivity contribution < 1.29 is 41.7 Å². The lowest BCUT2D eigenvalue weighted by molar-refractivity contribution is -0.274. The Morgan fingerprint density at radius 2 is 1.65 bits per heavy atom. The molecule has 0 radical (unpaired) electrons. The van der Waals surface area contributed by atoms with Crippen molar-refractivity contribution in [2.24, 2.45) is 0 Å². The molecule has 0 aliphatic rings. The number of carbonyl (C=O) groups excluding carboxylic acids is 1. The standard InChI is InChI=1S/C25H27F3O6/c1-17-15-22(21(30-4)16-20(17)34-24(2,3)23(29)31-5)32-14-8-6-7-9-18-10-12-19(13-11-18)33-25(26,27)28/h10-13,15-16H,6,8,14H2,1-5H3. The lowest BCUT2D eigenvalue weighted by Crippen LogP contribution is -2.39. The van der Waals surface area contributed by atoms with Gasteiger partial charge in [0.15, 0.2) is 17.1 Å². The zero-order valence-electron chi connectivity index (χ0n) is 19.7. The van der Waals surface area contributed by atoms with Crippen LogP contribution in [0.4, 0.5) is 13.2 Å². The minimum Gasteiger partial charge on any atom is -0.493 e. The minimum atomic E-state index is -4.72. The number of hydrogen-bond acceptors (Lipinski definition) is 6. The van der Waals surface area contributed by atoms with Gasteiger partial charge in [-0.3, -0.25) is 0 Å². The van der Waals surface area contributed by atoms with E-state index >= 15 is 0 Å². The summed E-state index contributed by atoms with van der Waals surface area (Å²) in [6, 6.07) is 8.77. The summed E-state index contributed by atoms with van der Waals surface area (Å²) in [5.41, 5.74) is 0.167. The van der Waals surface area contributed by atoms with Crippen LogP contribution in [0.5, 0.6) is 23.0 Å². The number of benzene rings is 2. The van der Waals surface area contributed by atoms with Crippen molar-refractivity contribution in [2.75, 3.05) is 20.8 Å². The second-order valence-corrected chi connectivity index (χ2v) is 7.70. The highest BCUT2D eigenvalue weighted by molar-refractivity contribution is 5.79. The Bertz CT molecular complexity index is 1030. The Balaban J connectivity index is 1.91. The van der Waals surface area contributed by atoms with Crippen LogP contribution in [0.3, 0.4) is 0 Å². The summed E-state index contributed by atoms with van der Waals surface area (Å²) in [4.78, 5) is 11.9. The number of aryl methyl sites for hydroxylation is 1. The maximum Gasteiger partial charge on any atom is 0.573 e. The molecule has 0 spiro atoms. The molecule has 0 fully saturated rings. The first kappa shape index (κ1) is 26.7. The van der Waals surface area contributed by atoms with Crippen molar-refractivity contribution in [1.82, 2.24) is 0 Å². The summed E-state index contributed by atoms with van der Waals surface area (Å²) < 4.78 is 62.2. The molecule has 0 aromatic heterocycles. The second-order valence-electron chi connectivity index (χ2n) is 7.70. The zero-order valence-corrected chi connectivity index (χ0v) is 19.7. The molecule has 0 bridgehead atoms. The average molecular weight is 480 g/mol. The first-order chi connectivity index (χ1) is 15.9. The molecule has 0 N–H and O–H groups in total. The number of ether oxygens (including phenoxy) is 5. The smallest absolute Gasteiger partial charge is 0.493 e. The summed E-state index contributed by atoms with van der Waals surface area (Å²) in [5, 5.41) is 0. The maximum absolute atomic E-state index is 12.2. The molecule has 2 aromatic rings. The second kappa shape index (κ2) is 11.5. The predicted octanol–water partition coefficient (Wildman–Crippen LogP) is 5.44. The van der Waals surface area contributed by atoms with Crippen LogP contribution in [-0.4, -0.2) is 38.8 Å². The van der Waals surface area contributed by atoms with Crippen LogP contribution in [0.1, 0.15) is 37.8 Å². The van der Waals surface area contributed by atoms with Crippen LogP contribution in [0.15, 0.2) is 36.4 Å². The highest BCUT2D eigenvalue weighted by atomic mass is 19.4. The average Bonchev–Trinajstić information content (AvgIpc) is 2.77. The van der Waals surface area contributed by atoms with Crippen molar-refractivity contribution in [2.45, 2.75) is 45.6 Å². The molecule has 0 aliphatic heterocycles. The van der Waals surface area contributed by atoms with E-state index in [2.05, 4.69) is 16.6 Å². The number of halogens is 3. The molecule has 0 heterocycles. The lowest BCUT2D eigenvalue weighted by atomic mass is 10.1. The summed E-state index contributed by atoms with van der Waals surface area (Å²) in [6.07, 6.45) is -3.57. The van der Waals surface area contributed by atoms with Crippen LogP contribution >= 0.6 is 0 Å². The predicted molar refractivity (Wildman–Crippen MR) is 119 cm³/mol. The van der Waals surface area contributed by atoms with E-state index in [0.717, 1.165) is 5.56 Å². The van der Waals surface area contributed by atoms with E-state index in [4.69, 9.17) is 18.9 Å². The number of esters is 1. The fourth-order valence-electron chi connectivity index (χ4n) is 2.83. The minimum absolute atomic E-state index is 0.291. The first-order valence-corrected chi connectivity index (χ1v) is 10.4. The third-order valence-electron chi connectivity index (χ3n) is 4.53. The lowest BCUT2D eigenvalue weighted by Gasteiger charge is -2.25. The highest BCUT2D eigenvalue weighted by Gasteiger charge is 2.32. The highest BCUT2D eigenvalue weighted by Crippen LogP contribution is 2.36. The van der Waals surface area contributed by atoms with E-state index in [1.54, 1.807) is 26.0 Å². The Morgan fingerprint density at radius 3 is 2.24 bits per heavy atom. The molecular formula is C25H27F3O6. The van der Waals surface area contributed by atoms with E-state index < -0.39 is 17.9 Å². The van der Waals surface area contributed by atoms with Gasteiger partial charge in [-0.15, -0.1) is 13.2 Å². The van der Waals surface area contributed by atoms with Gasteiger partial charge in [0.1, 0.15) is 11.5 Å². The Morgan fingerprint density at radius 1 is 0.971 bits per heavy atom. The number of hydrogen-bond donors (Lipinski definition) is 0. The summed E-state index contributed by atoms with van der Waals surface area (Å²) in [5.74, 6) is 6.50. The van der Waals surface area contributed by atoms with Gasteiger partial charge >= 0.3 is 12.3 Å². The van der Waals surface area contributed by atoms with Gasteiger partial charge in [0.2, 0.25) is 0 Å². The van der Waals surface area contributed by atoms with Crippen molar-refractivity contribution in [3.8, 4) is 34.8 Å². The van der Waals surface area contributed by atoms with Crippen molar-refractivity contribution >= 4 is 5.97 Å². The van der Waals surface area contributed by atoms with E-state index in [1.807, 2.05) is 6.92 Å². The third-order valence-corrected chi connectivity index (χ3v) is 4.53. The van der Waals surface area contributed by atoms with Crippen molar-refractivity contribution in [3.63, 3.8) is 0 Å². The number of alkyl halides is 3. The Hall–Kier alpha value is -3.54. The van der Waals surface area contributed by atoms with Crippen LogP contribution in [0, 0.1) is 18.8 Å². The van der Waals surface area contributed by atoms with Crippen LogP contribution in [0.25, 0.3) is 0 Å². The summed E-state index contributed by atoms with van der Waals surface area (Å²) in [6.45, 7) is 5.42. The van der Waals surface area contributed by atoms with E-state index in [9.17, 15) is 18.0 Å². The van der Waals surface area contributed by atoms with E-state index in [-0.39, 0.29) is 5.75 Å². The molecular weight excluding hydrogens is 453 g/mol. The van der Waals surface area contributed by atoms with Crippen molar-refractivity contribution in [3.05, 3.63) is 47.5 Å². The third kappa shape index (κ3) is 8.10. The molecule has 6 nitrogen and oxygen atoms in total. The van der Waals surface area contributed by atoms with Crippen molar-refractivity contribution in [1.29, 1.82) is 0 Å². The van der Waals surface area contributed by atoms with Gasteiger partial charge < -0.3 is 23.7 Å². The first-order valence-electron chi connectivity index (χ1n) is 10.4. The molecule has 2 aromatic carbocycles. The van der Waals surface area contributed by atoms with Gasteiger partial charge in [-0.05, 0) is 63.1 Å². The molecule has 0 atom stereocenters. The molecule has 0 unspecified atom stereocenters. The van der Waals surface area contributed by atoms with E-state index in [1.165, 1.54) is 38.5 Å². The van der Waals surface area contributed by atoms with Crippen LogP contribution < -0.4 is 18.9 Å². The molecule has 0 aliphatic carbocycles. The normalized spacial score (nSPS) is 11.2. The number of unbranched alkanes of at least 4 members (excludes halogenated alkanes) is 1. The van der Waals surface area contributed by atoms with Gasteiger partial charge in [-0.1, -0.05) is 11.8 Å². The molecule has 0 saturated carbocycles. The molecule has 34 heavy (non-hydrogen) atoms. The molecule has 184 valence electrons. The number of methoxy groups -OCH3 is 2. The molecule has 2 rings (SSSR count). The monoisotopic (exact) mass is 480 g/mol. The van der Waals surface area contributed by atoms with Crippen LogP contribution in [0.2, 0.25) is 0 Å². The fraction of sp³-hybridized carbons (Fsp3) is 0.400. The molecule has 9 heteroatoms. The summed E-state index contributed by atoms with van der Waals surface area (Å²) >= 11 is 0. The number of carbonyl (C=O) groups is 1. The fourth-order valence-corrected chi connectivity index (χ4v) is 2.83.